The van der Waals surface area contributed by atoms with E-state index in [9.17, 15) is 19.2 Å². The number of rotatable bonds is 12. The van der Waals surface area contributed by atoms with E-state index in [4.69, 9.17) is 25.4 Å². The van der Waals surface area contributed by atoms with E-state index in [1.54, 1.807) is 12.0 Å². The summed E-state index contributed by atoms with van der Waals surface area (Å²) in [6, 6.07) is 3.32. The summed E-state index contributed by atoms with van der Waals surface area (Å²) in [4.78, 5) is 55.3. The number of guanidine groups is 1. The van der Waals surface area contributed by atoms with Crippen LogP contribution in [0.3, 0.4) is 0 Å². The van der Waals surface area contributed by atoms with Gasteiger partial charge < -0.3 is 51.0 Å². The summed E-state index contributed by atoms with van der Waals surface area (Å²) in [7, 11) is 3.85. The number of amides is 4. The lowest BCUT2D eigenvalue weighted by Crippen LogP contribution is -2.63. The van der Waals surface area contributed by atoms with Crippen LogP contribution in [0.5, 0.6) is 11.5 Å². The zero-order valence-corrected chi connectivity index (χ0v) is 29.1. The first-order valence-electron chi connectivity index (χ1n) is 17.7. The molecule has 2 bridgehead atoms. The summed E-state index contributed by atoms with van der Waals surface area (Å²) in [6.07, 6.45) is 6.88. The molecule has 0 saturated carbocycles. The highest BCUT2D eigenvalue weighted by molar-refractivity contribution is 5.89. The van der Waals surface area contributed by atoms with Crippen LogP contribution in [-0.2, 0) is 31.0 Å². The maximum absolute atomic E-state index is 14.0. The van der Waals surface area contributed by atoms with E-state index in [2.05, 4.69) is 39.3 Å². The number of methoxy groups -OCH3 is 1. The van der Waals surface area contributed by atoms with Crippen molar-refractivity contribution in [1.82, 2.24) is 31.1 Å². The second-order valence-electron chi connectivity index (χ2n) is 14.1. The Kier molecular flexibility index (Phi) is 10.4. The van der Waals surface area contributed by atoms with Crippen molar-refractivity contribution in [2.75, 3.05) is 46.9 Å². The Morgan fingerprint density at radius 3 is 2.74 bits per heavy atom. The van der Waals surface area contributed by atoms with Crippen molar-refractivity contribution in [2.45, 2.75) is 87.9 Å². The molecule has 0 radical (unpaired) electrons. The Morgan fingerprint density at radius 1 is 1.16 bits per heavy atom. The molecule has 1 aromatic carbocycles. The van der Waals surface area contributed by atoms with Crippen LogP contribution in [0.1, 0.15) is 63.0 Å². The zero-order valence-electron chi connectivity index (χ0n) is 29.1. The number of nitrogens with zero attached hydrogens (tertiary/aromatic N) is 2. The molecule has 6 rings (SSSR count). The molecule has 0 unspecified atom stereocenters. The molecule has 2 aliphatic carbocycles. The summed E-state index contributed by atoms with van der Waals surface area (Å²) in [5, 5.41) is 18.1. The first-order valence-corrected chi connectivity index (χ1v) is 17.7. The van der Waals surface area contributed by atoms with Crippen LogP contribution in [0.2, 0.25) is 0 Å². The fourth-order valence-electron chi connectivity index (χ4n) is 8.77. The molecule has 15 nitrogen and oxygen atoms in total. The third-order valence-corrected chi connectivity index (χ3v) is 11.1. The number of ether oxygens (including phenoxy) is 3. The number of likely N-dealkylation sites (tertiary alicyclic amines) is 2. The molecule has 3 heterocycles. The lowest BCUT2D eigenvalue weighted by atomic mass is 9.53. The van der Waals surface area contributed by atoms with Crippen molar-refractivity contribution in [2.24, 2.45) is 11.7 Å². The van der Waals surface area contributed by atoms with Gasteiger partial charge >= 0.3 is 6.09 Å². The summed E-state index contributed by atoms with van der Waals surface area (Å²) < 4.78 is 18.8. The Hall–Kier alpha value is -4.53. The third-order valence-electron chi connectivity index (χ3n) is 11.1. The maximum atomic E-state index is 14.0. The zero-order chi connectivity index (χ0) is 35.6. The van der Waals surface area contributed by atoms with E-state index in [1.165, 1.54) is 18.1 Å². The van der Waals surface area contributed by atoms with Crippen molar-refractivity contribution >= 4 is 29.8 Å². The highest BCUT2D eigenvalue weighted by atomic mass is 16.6. The topological polar surface area (TPSA) is 200 Å². The number of hydrogen-bond acceptors (Lipinski definition) is 9. The molecule has 2 fully saturated rings. The van der Waals surface area contributed by atoms with Crippen LogP contribution in [0, 0.1) is 11.3 Å². The second kappa shape index (κ2) is 14.8. The van der Waals surface area contributed by atoms with Crippen molar-refractivity contribution in [3.8, 4) is 11.5 Å². The Balaban J connectivity index is 1.13. The second-order valence-corrected chi connectivity index (χ2v) is 14.1. The van der Waals surface area contributed by atoms with E-state index in [0.717, 1.165) is 44.4 Å². The van der Waals surface area contributed by atoms with Gasteiger partial charge in [0.25, 0.3) is 0 Å². The molecule has 5 aliphatic rings. The smallest absolute Gasteiger partial charge is 0.415 e. The van der Waals surface area contributed by atoms with Gasteiger partial charge in [0.2, 0.25) is 17.7 Å². The minimum Gasteiger partial charge on any atom is -0.493 e. The number of hydrogen-bond donors (Lipinski definition) is 6. The molecule has 6 atom stereocenters. The minimum atomic E-state index is -0.884. The van der Waals surface area contributed by atoms with Crippen LogP contribution in [0.15, 0.2) is 24.0 Å². The lowest BCUT2D eigenvalue weighted by Gasteiger charge is -2.56. The van der Waals surface area contributed by atoms with Gasteiger partial charge in [-0.25, -0.2) is 4.79 Å². The SMILES string of the molecule is COc1ccc2c3c1O[C@H]1C(OC(=O)N4CCCC[C@@H]4CNC(=O)[C@H](CCCNC(=N)N)NC(=O)CNC(C)=O)=CC[C@H]4[C@@H](C2)N(C)CC[C@]314. The molecular formula is C35H50N8O7. The van der Waals surface area contributed by atoms with Crippen LogP contribution >= 0.6 is 0 Å². The Labute approximate surface area is 292 Å². The standard InChI is InChI=1S/C35H50N8O7/c1-20(44)39-19-28(45)41-24(8-6-14-38-33(36)37)32(46)40-18-22-7-4-5-15-43(22)34(47)49-27-12-10-23-25-17-21-9-11-26(48-3)30-29(21)35(23,31(27)50-30)13-16-42(25)2/h9,11-12,22-25,31H,4-8,10,13-19H2,1-3H3,(H,39,44)(H,40,46)(H,41,45)(H4,36,37,38)/t22-,23+,24+,25-,31+,35+/m1/s1. The molecule has 272 valence electrons. The average Bonchev–Trinajstić information content (AvgIpc) is 3.45. The maximum Gasteiger partial charge on any atom is 0.415 e. The van der Waals surface area contributed by atoms with E-state index in [1.807, 2.05) is 12.1 Å². The fourth-order valence-corrected chi connectivity index (χ4v) is 8.77. The molecule has 0 aromatic heterocycles. The first kappa shape index (κ1) is 35.3. The number of carbonyl (C=O) groups is 4. The molecule has 15 heteroatoms. The van der Waals surface area contributed by atoms with E-state index in [0.29, 0.717) is 49.4 Å². The first-order chi connectivity index (χ1) is 24.0. The van der Waals surface area contributed by atoms with Gasteiger partial charge in [0.05, 0.1) is 19.7 Å². The van der Waals surface area contributed by atoms with Gasteiger partial charge in [-0.2, -0.15) is 0 Å². The van der Waals surface area contributed by atoms with Crippen LogP contribution in [0.25, 0.3) is 0 Å². The van der Waals surface area contributed by atoms with Gasteiger partial charge in [0, 0.05) is 43.6 Å². The quantitative estimate of drug-likeness (QED) is 0.104. The van der Waals surface area contributed by atoms with E-state index in [-0.39, 0.29) is 42.8 Å². The third kappa shape index (κ3) is 6.79. The molecule has 2 saturated heterocycles. The number of piperidine rings is 2. The normalized spacial score (nSPS) is 26.7. The van der Waals surface area contributed by atoms with Gasteiger partial charge in [-0.3, -0.25) is 19.8 Å². The van der Waals surface area contributed by atoms with Gasteiger partial charge in [0.15, 0.2) is 23.6 Å². The molecule has 1 aromatic rings. The predicted octanol–water partition coefficient (Wildman–Crippen LogP) is 0.849. The van der Waals surface area contributed by atoms with E-state index < -0.39 is 30.1 Å². The highest BCUT2D eigenvalue weighted by Gasteiger charge is 2.65. The number of likely N-dealkylation sites (N-methyl/N-ethyl adjacent to an activating group) is 1. The Bertz CT molecular complexity index is 1550. The Morgan fingerprint density at radius 2 is 1.98 bits per heavy atom. The highest BCUT2D eigenvalue weighted by Crippen LogP contribution is 2.63. The summed E-state index contributed by atoms with van der Waals surface area (Å²) in [5.74, 6) is 0.882. The van der Waals surface area contributed by atoms with Crippen LogP contribution in [0.4, 0.5) is 4.79 Å². The van der Waals surface area contributed by atoms with Crippen LogP contribution < -0.4 is 36.5 Å². The van der Waals surface area contributed by atoms with Crippen molar-refractivity contribution in [3.05, 3.63) is 35.1 Å². The van der Waals surface area contributed by atoms with E-state index >= 15 is 0 Å². The molecule has 3 aliphatic heterocycles. The van der Waals surface area contributed by atoms with Crippen molar-refractivity contribution in [3.63, 3.8) is 0 Å². The minimum absolute atomic E-state index is 0.183. The monoisotopic (exact) mass is 694 g/mol. The number of benzene rings is 1. The predicted molar refractivity (Wildman–Crippen MR) is 184 cm³/mol. The van der Waals surface area contributed by atoms with Crippen molar-refractivity contribution in [1.29, 1.82) is 5.41 Å². The molecule has 7 N–H and O–H groups in total. The van der Waals surface area contributed by atoms with Crippen molar-refractivity contribution < 1.29 is 33.4 Å². The van der Waals surface area contributed by atoms with Crippen LogP contribution in [-0.4, -0.2) is 111 Å². The average molecular weight is 695 g/mol. The number of carbonyl (C=O) groups excluding carboxylic acids is 4. The lowest BCUT2D eigenvalue weighted by molar-refractivity contribution is -0.129. The fraction of sp³-hybridized carbons (Fsp3) is 0.629. The van der Waals surface area contributed by atoms with Gasteiger partial charge in [-0.05, 0) is 88.6 Å². The summed E-state index contributed by atoms with van der Waals surface area (Å²) in [5.41, 5.74) is 7.56. The van der Waals surface area contributed by atoms with Gasteiger partial charge in [-0.1, -0.05) is 6.07 Å². The number of allylic oxidation sites excluding steroid dienone is 1. The molecule has 4 amide bonds. The summed E-state index contributed by atoms with van der Waals surface area (Å²) in [6.45, 7) is 3.00. The number of nitrogens with one attached hydrogen (secondary N) is 5. The van der Waals surface area contributed by atoms with Gasteiger partial charge in [-0.15, -0.1) is 0 Å². The molecule has 1 spiro atoms. The molecule has 50 heavy (non-hydrogen) atoms. The molecular weight excluding hydrogens is 644 g/mol. The summed E-state index contributed by atoms with van der Waals surface area (Å²) >= 11 is 0. The number of nitrogens with two attached hydrogens (primary N) is 1. The largest absolute Gasteiger partial charge is 0.493 e. The van der Waals surface area contributed by atoms with Gasteiger partial charge in [0.1, 0.15) is 11.8 Å².